The summed E-state index contributed by atoms with van der Waals surface area (Å²) < 4.78 is 5.63. The molecular formula is C15H26N2O. The fourth-order valence-electron chi connectivity index (χ4n) is 3.15. The molecule has 1 heterocycles. The monoisotopic (exact) mass is 250 g/mol. The molecule has 1 aromatic rings. The van der Waals surface area contributed by atoms with Crippen LogP contribution in [0.25, 0.3) is 0 Å². The van der Waals surface area contributed by atoms with Crippen LogP contribution in [0.15, 0.2) is 16.7 Å². The molecule has 0 aliphatic heterocycles. The van der Waals surface area contributed by atoms with Crippen LogP contribution in [0.5, 0.6) is 0 Å². The van der Waals surface area contributed by atoms with Crippen molar-refractivity contribution in [3.63, 3.8) is 0 Å². The van der Waals surface area contributed by atoms with Gasteiger partial charge in [0, 0.05) is 18.2 Å². The number of furan rings is 1. The van der Waals surface area contributed by atoms with Crippen LogP contribution in [-0.4, -0.2) is 25.0 Å². The Bertz CT molecular complexity index is 361. The number of nitrogens with zero attached hydrogens (tertiary/aromatic N) is 1. The standard InChI is InChI=1S/C15H26N2O/c1-12-6-4-5-7-14(12)17(3)11-15-13(10-16-2)8-9-18-15/h8-9,12,14,16H,4-7,10-11H2,1-3H3. The Morgan fingerprint density at radius 1 is 1.39 bits per heavy atom. The van der Waals surface area contributed by atoms with Gasteiger partial charge in [-0.15, -0.1) is 0 Å². The topological polar surface area (TPSA) is 28.4 Å². The first-order chi connectivity index (χ1) is 8.72. The molecule has 18 heavy (non-hydrogen) atoms. The van der Waals surface area contributed by atoms with Crippen LogP contribution >= 0.6 is 0 Å². The molecule has 0 amide bonds. The van der Waals surface area contributed by atoms with Crippen molar-refractivity contribution in [3.8, 4) is 0 Å². The highest BCUT2D eigenvalue weighted by Crippen LogP contribution is 2.28. The van der Waals surface area contributed by atoms with Gasteiger partial charge in [0.25, 0.3) is 0 Å². The number of nitrogens with one attached hydrogen (secondary N) is 1. The maximum Gasteiger partial charge on any atom is 0.122 e. The smallest absolute Gasteiger partial charge is 0.122 e. The van der Waals surface area contributed by atoms with Crippen molar-refractivity contribution in [1.82, 2.24) is 10.2 Å². The van der Waals surface area contributed by atoms with Gasteiger partial charge in [0.2, 0.25) is 0 Å². The highest BCUT2D eigenvalue weighted by Gasteiger charge is 2.25. The van der Waals surface area contributed by atoms with Crippen LogP contribution in [0, 0.1) is 5.92 Å². The Morgan fingerprint density at radius 3 is 2.89 bits per heavy atom. The van der Waals surface area contributed by atoms with Crippen molar-refractivity contribution in [2.45, 2.75) is 51.7 Å². The first-order valence-electron chi connectivity index (χ1n) is 7.12. The minimum absolute atomic E-state index is 0.714. The van der Waals surface area contributed by atoms with E-state index >= 15 is 0 Å². The Kier molecular flexibility index (Phi) is 4.84. The zero-order chi connectivity index (χ0) is 13.0. The molecule has 3 heteroatoms. The Labute approximate surface area is 111 Å². The van der Waals surface area contributed by atoms with Crippen molar-refractivity contribution in [2.24, 2.45) is 5.92 Å². The van der Waals surface area contributed by atoms with E-state index in [1.165, 1.54) is 31.2 Å². The van der Waals surface area contributed by atoms with Crippen LogP contribution in [0.1, 0.15) is 43.9 Å². The second-order valence-corrected chi connectivity index (χ2v) is 5.64. The maximum atomic E-state index is 5.63. The highest BCUT2D eigenvalue weighted by molar-refractivity contribution is 5.16. The Hall–Kier alpha value is -0.800. The summed E-state index contributed by atoms with van der Waals surface area (Å²) in [7, 11) is 4.21. The van der Waals surface area contributed by atoms with Gasteiger partial charge in [-0.2, -0.15) is 0 Å². The quantitative estimate of drug-likeness (QED) is 0.871. The summed E-state index contributed by atoms with van der Waals surface area (Å²) in [6.45, 7) is 4.20. The predicted molar refractivity (Wildman–Crippen MR) is 74.4 cm³/mol. The van der Waals surface area contributed by atoms with E-state index in [1.807, 2.05) is 7.05 Å². The molecule has 0 aromatic carbocycles. The molecule has 102 valence electrons. The van der Waals surface area contributed by atoms with Gasteiger partial charge in [0.15, 0.2) is 0 Å². The molecular weight excluding hydrogens is 224 g/mol. The average molecular weight is 250 g/mol. The first kappa shape index (κ1) is 13.6. The highest BCUT2D eigenvalue weighted by atomic mass is 16.3. The third-order valence-corrected chi connectivity index (χ3v) is 4.23. The van der Waals surface area contributed by atoms with Crippen LogP contribution in [0.3, 0.4) is 0 Å². The lowest BCUT2D eigenvalue weighted by Gasteiger charge is -2.36. The molecule has 0 saturated heterocycles. The lowest BCUT2D eigenvalue weighted by Crippen LogP contribution is -2.38. The molecule has 0 spiro atoms. The van der Waals surface area contributed by atoms with Crippen molar-refractivity contribution in [2.75, 3.05) is 14.1 Å². The Balaban J connectivity index is 1.97. The van der Waals surface area contributed by atoms with E-state index in [9.17, 15) is 0 Å². The van der Waals surface area contributed by atoms with Crippen molar-refractivity contribution in [3.05, 3.63) is 23.7 Å². The lowest BCUT2D eigenvalue weighted by molar-refractivity contribution is 0.125. The Morgan fingerprint density at radius 2 is 2.17 bits per heavy atom. The minimum Gasteiger partial charge on any atom is -0.468 e. The molecule has 2 atom stereocenters. The van der Waals surface area contributed by atoms with Gasteiger partial charge in [-0.25, -0.2) is 0 Å². The van der Waals surface area contributed by atoms with E-state index < -0.39 is 0 Å². The maximum absolute atomic E-state index is 5.63. The molecule has 2 rings (SSSR count). The molecule has 1 fully saturated rings. The summed E-state index contributed by atoms with van der Waals surface area (Å²) in [5.74, 6) is 1.93. The van der Waals surface area contributed by atoms with Crippen LogP contribution in [0.2, 0.25) is 0 Å². The van der Waals surface area contributed by atoms with Gasteiger partial charge in [-0.05, 0) is 38.9 Å². The number of hydrogen-bond donors (Lipinski definition) is 1. The number of hydrogen-bond acceptors (Lipinski definition) is 3. The summed E-state index contributed by atoms with van der Waals surface area (Å²) in [6.07, 6.45) is 7.29. The second-order valence-electron chi connectivity index (χ2n) is 5.64. The lowest BCUT2D eigenvalue weighted by atomic mass is 9.85. The molecule has 0 bridgehead atoms. The average Bonchev–Trinajstić information content (AvgIpc) is 2.78. The SMILES string of the molecule is CNCc1ccoc1CN(C)C1CCCCC1C. The number of rotatable bonds is 5. The van der Waals surface area contributed by atoms with Gasteiger partial charge in [-0.3, -0.25) is 4.90 Å². The normalized spacial score (nSPS) is 24.7. The van der Waals surface area contributed by atoms with E-state index in [-0.39, 0.29) is 0 Å². The molecule has 0 radical (unpaired) electrons. The summed E-state index contributed by atoms with van der Waals surface area (Å²) in [4.78, 5) is 2.47. The second kappa shape index (κ2) is 6.39. The third-order valence-electron chi connectivity index (χ3n) is 4.23. The molecule has 1 aliphatic carbocycles. The summed E-state index contributed by atoms with van der Waals surface area (Å²) in [5.41, 5.74) is 1.29. The first-order valence-corrected chi connectivity index (χ1v) is 7.12. The molecule has 1 aliphatic rings. The fourth-order valence-corrected chi connectivity index (χ4v) is 3.15. The zero-order valence-corrected chi connectivity index (χ0v) is 11.9. The van der Waals surface area contributed by atoms with E-state index in [0.29, 0.717) is 6.04 Å². The van der Waals surface area contributed by atoms with Crippen molar-refractivity contribution >= 4 is 0 Å². The van der Waals surface area contributed by atoms with Crippen LogP contribution in [-0.2, 0) is 13.1 Å². The fraction of sp³-hybridized carbons (Fsp3) is 0.733. The molecule has 1 aromatic heterocycles. The van der Waals surface area contributed by atoms with Crippen LogP contribution in [0.4, 0.5) is 0 Å². The van der Waals surface area contributed by atoms with Gasteiger partial charge in [-0.1, -0.05) is 19.8 Å². The molecule has 2 unspecified atom stereocenters. The summed E-state index contributed by atoms with van der Waals surface area (Å²) in [5, 5.41) is 3.19. The van der Waals surface area contributed by atoms with E-state index in [1.54, 1.807) is 6.26 Å². The summed E-state index contributed by atoms with van der Waals surface area (Å²) in [6, 6.07) is 2.79. The van der Waals surface area contributed by atoms with Gasteiger partial charge >= 0.3 is 0 Å². The largest absolute Gasteiger partial charge is 0.468 e. The molecule has 1 saturated carbocycles. The molecule has 3 nitrogen and oxygen atoms in total. The minimum atomic E-state index is 0.714. The van der Waals surface area contributed by atoms with Gasteiger partial charge < -0.3 is 9.73 Å². The predicted octanol–water partition coefficient (Wildman–Crippen LogP) is 3.01. The van der Waals surface area contributed by atoms with Gasteiger partial charge in [0.05, 0.1) is 12.8 Å². The van der Waals surface area contributed by atoms with Crippen LogP contribution < -0.4 is 5.32 Å². The summed E-state index contributed by atoms with van der Waals surface area (Å²) >= 11 is 0. The van der Waals surface area contributed by atoms with E-state index in [4.69, 9.17) is 4.42 Å². The van der Waals surface area contributed by atoms with Gasteiger partial charge in [0.1, 0.15) is 5.76 Å². The van der Waals surface area contributed by atoms with E-state index in [0.717, 1.165) is 24.8 Å². The third kappa shape index (κ3) is 3.15. The zero-order valence-electron chi connectivity index (χ0n) is 11.9. The van der Waals surface area contributed by atoms with Crippen molar-refractivity contribution < 1.29 is 4.42 Å². The van der Waals surface area contributed by atoms with Crippen molar-refractivity contribution in [1.29, 1.82) is 0 Å². The molecule has 1 N–H and O–H groups in total. The van der Waals surface area contributed by atoms with E-state index in [2.05, 4.69) is 30.3 Å².